The molecule has 3 fully saturated rings. The molecule has 148 valence electrons. The third kappa shape index (κ3) is 4.40. The molecule has 2 aliphatic heterocycles. The summed E-state index contributed by atoms with van der Waals surface area (Å²) < 4.78 is 5.02. The zero-order chi connectivity index (χ0) is 18.8. The monoisotopic (exact) mass is 376 g/mol. The van der Waals surface area contributed by atoms with Gasteiger partial charge in [-0.15, -0.1) is 0 Å². The third-order valence-corrected chi connectivity index (χ3v) is 5.76. The summed E-state index contributed by atoms with van der Waals surface area (Å²) in [5.74, 6) is 1.62. The molecule has 1 aromatic heterocycles. The molecule has 3 aliphatic rings. The Morgan fingerprint density at radius 3 is 2.59 bits per heavy atom. The van der Waals surface area contributed by atoms with Crippen LogP contribution in [0.5, 0.6) is 0 Å². The molecule has 0 aromatic carbocycles. The SMILES string of the molecule is Cc1nc(CN2CCCC(NC(=O)N3CC(NC(=O)C4CCC4)C3)C2)no1. The zero-order valence-electron chi connectivity index (χ0n) is 15.8. The van der Waals surface area contributed by atoms with Crippen LogP contribution < -0.4 is 10.6 Å². The highest BCUT2D eigenvalue weighted by Gasteiger charge is 2.35. The van der Waals surface area contributed by atoms with Crippen LogP contribution in [0.3, 0.4) is 0 Å². The van der Waals surface area contributed by atoms with Crippen molar-refractivity contribution in [2.45, 2.75) is 57.7 Å². The van der Waals surface area contributed by atoms with Gasteiger partial charge in [0.05, 0.1) is 12.6 Å². The van der Waals surface area contributed by atoms with Gasteiger partial charge in [-0.1, -0.05) is 11.6 Å². The number of aryl methyl sites for hydroxylation is 1. The van der Waals surface area contributed by atoms with Crippen LogP contribution in [0.2, 0.25) is 0 Å². The molecule has 3 amide bonds. The van der Waals surface area contributed by atoms with Gasteiger partial charge in [-0.2, -0.15) is 4.98 Å². The number of nitrogens with one attached hydrogen (secondary N) is 2. The van der Waals surface area contributed by atoms with E-state index < -0.39 is 0 Å². The number of rotatable bonds is 5. The van der Waals surface area contributed by atoms with Crippen molar-refractivity contribution >= 4 is 11.9 Å². The van der Waals surface area contributed by atoms with Gasteiger partial charge in [-0.25, -0.2) is 4.79 Å². The largest absolute Gasteiger partial charge is 0.350 e. The molecule has 1 atom stereocenters. The van der Waals surface area contributed by atoms with Gasteiger partial charge in [0.2, 0.25) is 11.8 Å². The standard InChI is InChI=1S/C18H28N6O3/c1-12-19-16(22-27-12)11-23-7-3-6-14(8-23)21-18(26)24-9-15(10-24)20-17(25)13-4-2-5-13/h13-15H,2-11H2,1H3,(H,20,25)(H,21,26). The minimum Gasteiger partial charge on any atom is -0.350 e. The van der Waals surface area contributed by atoms with Crippen molar-refractivity contribution in [1.82, 2.24) is 30.6 Å². The summed E-state index contributed by atoms with van der Waals surface area (Å²) >= 11 is 0. The van der Waals surface area contributed by atoms with Crippen LogP contribution in [0.15, 0.2) is 4.52 Å². The van der Waals surface area contributed by atoms with E-state index in [1.165, 1.54) is 0 Å². The Bertz CT molecular complexity index is 682. The molecule has 9 heteroatoms. The summed E-state index contributed by atoms with van der Waals surface area (Å²) in [5, 5.41) is 10.1. The molecule has 9 nitrogen and oxygen atoms in total. The maximum absolute atomic E-state index is 12.4. The number of hydrogen-bond donors (Lipinski definition) is 2. The Kier molecular flexibility index (Phi) is 5.29. The Labute approximate surface area is 158 Å². The van der Waals surface area contributed by atoms with Gasteiger partial charge in [-0.3, -0.25) is 9.69 Å². The predicted molar refractivity (Wildman–Crippen MR) is 96.7 cm³/mol. The summed E-state index contributed by atoms with van der Waals surface area (Å²) in [7, 11) is 0. The van der Waals surface area contributed by atoms with Gasteiger partial charge in [0.15, 0.2) is 5.82 Å². The lowest BCUT2D eigenvalue weighted by Gasteiger charge is -2.42. The molecule has 2 saturated heterocycles. The smallest absolute Gasteiger partial charge is 0.317 e. The molecule has 0 radical (unpaired) electrons. The predicted octanol–water partition coefficient (Wildman–Crippen LogP) is 0.653. The first-order valence-electron chi connectivity index (χ1n) is 9.94. The van der Waals surface area contributed by atoms with Crippen LogP contribution >= 0.6 is 0 Å². The maximum atomic E-state index is 12.4. The van der Waals surface area contributed by atoms with Gasteiger partial charge < -0.3 is 20.1 Å². The van der Waals surface area contributed by atoms with E-state index in [0.29, 0.717) is 31.3 Å². The Morgan fingerprint density at radius 1 is 1.11 bits per heavy atom. The van der Waals surface area contributed by atoms with Crippen molar-refractivity contribution in [1.29, 1.82) is 0 Å². The molecular weight excluding hydrogens is 348 g/mol. The van der Waals surface area contributed by atoms with Gasteiger partial charge in [0.1, 0.15) is 0 Å². The highest BCUT2D eigenvalue weighted by atomic mass is 16.5. The molecule has 3 heterocycles. The van der Waals surface area contributed by atoms with E-state index in [0.717, 1.165) is 45.2 Å². The minimum atomic E-state index is -0.0357. The zero-order valence-corrected chi connectivity index (χ0v) is 15.8. The van der Waals surface area contributed by atoms with Crippen molar-refractivity contribution in [2.75, 3.05) is 26.2 Å². The number of hydrogen-bond acceptors (Lipinski definition) is 6. The van der Waals surface area contributed by atoms with Gasteiger partial charge in [0.25, 0.3) is 0 Å². The van der Waals surface area contributed by atoms with Crippen LogP contribution in [-0.4, -0.2) is 70.1 Å². The van der Waals surface area contributed by atoms with Crippen molar-refractivity contribution in [3.05, 3.63) is 11.7 Å². The molecule has 0 bridgehead atoms. The van der Waals surface area contributed by atoms with E-state index in [1.54, 1.807) is 11.8 Å². The average Bonchev–Trinajstić information content (AvgIpc) is 2.94. The highest BCUT2D eigenvalue weighted by Crippen LogP contribution is 2.26. The molecular formula is C18H28N6O3. The normalized spacial score (nSPS) is 24.2. The Hall–Kier alpha value is -2.16. The third-order valence-electron chi connectivity index (χ3n) is 5.76. The number of likely N-dealkylation sites (tertiary alicyclic amines) is 2. The second kappa shape index (κ2) is 7.84. The number of urea groups is 1. The van der Waals surface area contributed by atoms with Crippen LogP contribution in [0.4, 0.5) is 4.79 Å². The highest BCUT2D eigenvalue weighted by molar-refractivity contribution is 5.80. The van der Waals surface area contributed by atoms with E-state index >= 15 is 0 Å². The van der Waals surface area contributed by atoms with Crippen LogP contribution in [0.1, 0.15) is 43.8 Å². The van der Waals surface area contributed by atoms with E-state index in [-0.39, 0.29) is 29.9 Å². The molecule has 1 saturated carbocycles. The molecule has 4 rings (SSSR count). The fourth-order valence-corrected chi connectivity index (χ4v) is 3.91. The maximum Gasteiger partial charge on any atom is 0.317 e. The molecule has 1 unspecified atom stereocenters. The lowest BCUT2D eigenvalue weighted by atomic mass is 9.84. The molecule has 27 heavy (non-hydrogen) atoms. The summed E-state index contributed by atoms with van der Waals surface area (Å²) in [5.41, 5.74) is 0. The second-order valence-electron chi connectivity index (χ2n) is 7.99. The van der Waals surface area contributed by atoms with Crippen molar-refractivity contribution in [3.63, 3.8) is 0 Å². The number of nitrogens with zero attached hydrogens (tertiary/aromatic N) is 4. The number of piperidine rings is 1. The van der Waals surface area contributed by atoms with Gasteiger partial charge in [0, 0.05) is 38.5 Å². The quantitative estimate of drug-likeness (QED) is 0.782. The Morgan fingerprint density at radius 2 is 1.93 bits per heavy atom. The number of amides is 3. The topological polar surface area (TPSA) is 104 Å². The van der Waals surface area contributed by atoms with E-state index in [2.05, 4.69) is 25.7 Å². The van der Waals surface area contributed by atoms with E-state index in [9.17, 15) is 9.59 Å². The van der Waals surface area contributed by atoms with Gasteiger partial charge in [-0.05, 0) is 32.2 Å². The summed E-state index contributed by atoms with van der Waals surface area (Å²) in [6.07, 6.45) is 5.17. The number of carbonyl (C=O) groups excluding carboxylic acids is 2. The Balaban J connectivity index is 1.17. The van der Waals surface area contributed by atoms with Crippen LogP contribution in [-0.2, 0) is 11.3 Å². The number of carbonyl (C=O) groups is 2. The first kappa shape index (κ1) is 18.2. The van der Waals surface area contributed by atoms with E-state index in [1.807, 2.05) is 0 Å². The van der Waals surface area contributed by atoms with Gasteiger partial charge >= 0.3 is 6.03 Å². The first-order valence-corrected chi connectivity index (χ1v) is 9.94. The second-order valence-corrected chi connectivity index (χ2v) is 7.99. The molecule has 0 spiro atoms. The van der Waals surface area contributed by atoms with Crippen LogP contribution in [0.25, 0.3) is 0 Å². The lowest BCUT2D eigenvalue weighted by molar-refractivity contribution is -0.129. The summed E-state index contributed by atoms with van der Waals surface area (Å²) in [4.78, 5) is 32.7. The summed E-state index contributed by atoms with van der Waals surface area (Å²) in [6, 6.07) is 0.197. The van der Waals surface area contributed by atoms with Crippen LogP contribution in [0, 0.1) is 12.8 Å². The van der Waals surface area contributed by atoms with Crippen molar-refractivity contribution in [3.8, 4) is 0 Å². The fourth-order valence-electron chi connectivity index (χ4n) is 3.91. The van der Waals surface area contributed by atoms with E-state index in [4.69, 9.17) is 4.52 Å². The van der Waals surface area contributed by atoms with Crippen molar-refractivity contribution in [2.24, 2.45) is 5.92 Å². The minimum absolute atomic E-state index is 0.0357. The first-order chi connectivity index (χ1) is 13.1. The fraction of sp³-hybridized carbons (Fsp3) is 0.778. The molecule has 2 N–H and O–H groups in total. The average molecular weight is 376 g/mol. The van der Waals surface area contributed by atoms with Crippen molar-refractivity contribution < 1.29 is 14.1 Å². The molecule has 1 aromatic rings. The summed E-state index contributed by atoms with van der Waals surface area (Å²) in [6.45, 7) is 5.38. The number of aromatic nitrogens is 2. The molecule has 1 aliphatic carbocycles. The lowest BCUT2D eigenvalue weighted by Crippen LogP contribution is -2.65.